The number of aliphatic carboxylic acids is 1. The van der Waals surface area contributed by atoms with Crippen molar-refractivity contribution in [3.8, 4) is 5.75 Å². The van der Waals surface area contributed by atoms with Crippen molar-refractivity contribution in [2.75, 3.05) is 13.1 Å². The predicted octanol–water partition coefficient (Wildman–Crippen LogP) is 2.02. The van der Waals surface area contributed by atoms with E-state index in [9.17, 15) is 24.8 Å². The molecule has 1 aromatic carbocycles. The number of carboxylic acids is 1. The summed E-state index contributed by atoms with van der Waals surface area (Å²) in [6.07, 6.45) is 2.22. The van der Waals surface area contributed by atoms with Crippen LogP contribution in [-0.2, 0) is 4.79 Å². The molecule has 0 bridgehead atoms. The Kier molecular flexibility index (Phi) is 5.15. The molecule has 8 nitrogen and oxygen atoms in total. The topological polar surface area (TPSA) is 121 Å². The van der Waals surface area contributed by atoms with Crippen molar-refractivity contribution in [2.45, 2.75) is 25.7 Å². The summed E-state index contributed by atoms with van der Waals surface area (Å²) in [5.41, 5.74) is -0.358. The van der Waals surface area contributed by atoms with Crippen LogP contribution in [0.1, 0.15) is 36.0 Å². The first-order valence-corrected chi connectivity index (χ1v) is 7.37. The van der Waals surface area contributed by atoms with Crippen molar-refractivity contribution in [2.24, 2.45) is 5.92 Å². The Bertz CT molecular complexity index is 630. The number of likely N-dealkylation sites (tertiary alicyclic amines) is 1. The maximum absolute atomic E-state index is 12.5. The average Bonchev–Trinajstić information content (AvgIpc) is 2.52. The fourth-order valence-electron chi connectivity index (χ4n) is 2.80. The monoisotopic (exact) mass is 322 g/mol. The van der Waals surface area contributed by atoms with Crippen LogP contribution in [-0.4, -0.2) is 45.0 Å². The Morgan fingerprint density at radius 3 is 2.78 bits per heavy atom. The molecule has 0 spiro atoms. The van der Waals surface area contributed by atoms with Crippen molar-refractivity contribution in [1.29, 1.82) is 0 Å². The van der Waals surface area contributed by atoms with Crippen molar-refractivity contribution >= 4 is 17.6 Å². The summed E-state index contributed by atoms with van der Waals surface area (Å²) in [5, 5.41) is 29.0. The van der Waals surface area contributed by atoms with E-state index in [1.807, 2.05) is 0 Å². The van der Waals surface area contributed by atoms with Gasteiger partial charge in [-0.3, -0.25) is 19.7 Å². The number of aromatic hydroxyl groups is 1. The smallest absolute Gasteiger partial charge is 0.311 e. The number of nitro benzene ring substituents is 1. The molecule has 1 aromatic rings. The van der Waals surface area contributed by atoms with Gasteiger partial charge in [0.15, 0.2) is 5.75 Å². The van der Waals surface area contributed by atoms with Gasteiger partial charge >= 0.3 is 11.7 Å². The van der Waals surface area contributed by atoms with Gasteiger partial charge in [-0.25, -0.2) is 0 Å². The van der Waals surface area contributed by atoms with Crippen LogP contribution in [0.2, 0.25) is 0 Å². The number of phenolic OH excluding ortho intramolecular Hbond substituents is 1. The second-order valence-corrected chi connectivity index (χ2v) is 5.65. The second-order valence-electron chi connectivity index (χ2n) is 5.65. The molecule has 1 saturated heterocycles. The van der Waals surface area contributed by atoms with Gasteiger partial charge in [-0.2, -0.15) is 0 Å². The van der Waals surface area contributed by atoms with Gasteiger partial charge in [0.25, 0.3) is 5.91 Å². The van der Waals surface area contributed by atoms with Gasteiger partial charge < -0.3 is 15.1 Å². The van der Waals surface area contributed by atoms with Crippen LogP contribution in [0.15, 0.2) is 18.2 Å². The molecule has 1 amide bonds. The molecule has 1 atom stereocenters. The zero-order chi connectivity index (χ0) is 17.0. The Balaban J connectivity index is 2.09. The summed E-state index contributed by atoms with van der Waals surface area (Å²) in [5.74, 6) is -1.56. The number of benzene rings is 1. The van der Waals surface area contributed by atoms with Crippen molar-refractivity contribution in [1.82, 2.24) is 4.90 Å². The van der Waals surface area contributed by atoms with Crippen LogP contribution in [0.25, 0.3) is 0 Å². The van der Waals surface area contributed by atoms with Crippen molar-refractivity contribution in [3.05, 3.63) is 33.9 Å². The number of hydrogen-bond acceptors (Lipinski definition) is 5. The number of rotatable bonds is 5. The molecule has 1 aliphatic rings. The highest BCUT2D eigenvalue weighted by atomic mass is 16.6. The van der Waals surface area contributed by atoms with Crippen molar-refractivity contribution in [3.63, 3.8) is 0 Å². The summed E-state index contributed by atoms with van der Waals surface area (Å²) in [4.78, 5) is 34.8. The lowest BCUT2D eigenvalue weighted by molar-refractivity contribution is -0.385. The first-order chi connectivity index (χ1) is 10.9. The number of carbonyl (C=O) groups is 2. The third-order valence-electron chi connectivity index (χ3n) is 3.99. The largest absolute Gasteiger partial charge is 0.502 e. The SMILES string of the molecule is O=C(O)CCC1CCCN(C(=O)c2ccc(O)c([N+](=O)[O-])c2)C1. The van der Waals surface area contributed by atoms with Crippen LogP contribution in [0.5, 0.6) is 5.75 Å². The predicted molar refractivity (Wildman–Crippen MR) is 80.3 cm³/mol. The number of carboxylic acid groups (broad SMARTS) is 1. The molecule has 1 heterocycles. The zero-order valence-electron chi connectivity index (χ0n) is 12.5. The molecular formula is C15H18N2O6. The van der Waals surface area contributed by atoms with Gasteiger partial charge in [0, 0.05) is 31.1 Å². The Hall–Kier alpha value is -2.64. The van der Waals surface area contributed by atoms with Crippen LogP contribution in [0.4, 0.5) is 5.69 Å². The molecule has 0 radical (unpaired) electrons. The van der Waals surface area contributed by atoms with E-state index in [0.717, 1.165) is 25.0 Å². The fraction of sp³-hybridized carbons (Fsp3) is 0.467. The van der Waals surface area contributed by atoms with Gasteiger partial charge in [-0.15, -0.1) is 0 Å². The minimum Gasteiger partial charge on any atom is -0.502 e. The quantitative estimate of drug-likeness (QED) is 0.632. The zero-order valence-corrected chi connectivity index (χ0v) is 12.5. The number of hydrogen-bond donors (Lipinski definition) is 2. The summed E-state index contributed by atoms with van der Waals surface area (Å²) < 4.78 is 0. The molecule has 23 heavy (non-hydrogen) atoms. The molecule has 1 unspecified atom stereocenters. The van der Waals surface area contributed by atoms with Gasteiger partial charge in [0.05, 0.1) is 4.92 Å². The number of piperidine rings is 1. The van der Waals surface area contributed by atoms with Gasteiger partial charge in [0.1, 0.15) is 0 Å². The summed E-state index contributed by atoms with van der Waals surface area (Å²) in [6.45, 7) is 0.984. The molecule has 2 N–H and O–H groups in total. The summed E-state index contributed by atoms with van der Waals surface area (Å²) in [7, 11) is 0. The third kappa shape index (κ3) is 4.18. The number of nitro groups is 1. The minimum atomic E-state index is -0.859. The molecule has 1 aliphatic heterocycles. The highest BCUT2D eigenvalue weighted by molar-refractivity contribution is 5.95. The molecule has 0 aliphatic carbocycles. The van der Waals surface area contributed by atoms with E-state index in [2.05, 4.69) is 0 Å². The van der Waals surface area contributed by atoms with Crippen LogP contribution < -0.4 is 0 Å². The van der Waals surface area contributed by atoms with E-state index in [1.165, 1.54) is 6.07 Å². The second kappa shape index (κ2) is 7.08. The normalized spacial score (nSPS) is 17.7. The van der Waals surface area contributed by atoms with Gasteiger partial charge in [0.2, 0.25) is 0 Å². The Morgan fingerprint density at radius 1 is 1.39 bits per heavy atom. The van der Waals surface area contributed by atoms with E-state index in [-0.39, 0.29) is 23.8 Å². The van der Waals surface area contributed by atoms with E-state index < -0.39 is 22.3 Å². The molecular weight excluding hydrogens is 304 g/mol. The molecule has 1 fully saturated rings. The van der Waals surface area contributed by atoms with Gasteiger partial charge in [-0.1, -0.05) is 0 Å². The molecule has 124 valence electrons. The van der Waals surface area contributed by atoms with Crippen LogP contribution in [0, 0.1) is 16.0 Å². The maximum atomic E-state index is 12.5. The van der Waals surface area contributed by atoms with Gasteiger partial charge in [-0.05, 0) is 37.3 Å². The molecule has 2 rings (SSSR count). The lowest BCUT2D eigenvalue weighted by Gasteiger charge is -2.32. The summed E-state index contributed by atoms with van der Waals surface area (Å²) >= 11 is 0. The first kappa shape index (κ1) is 16.7. The van der Waals surface area contributed by atoms with Crippen LogP contribution >= 0.6 is 0 Å². The van der Waals surface area contributed by atoms with Crippen molar-refractivity contribution < 1.29 is 24.7 Å². The van der Waals surface area contributed by atoms with E-state index in [1.54, 1.807) is 4.90 Å². The number of amides is 1. The Morgan fingerprint density at radius 2 is 2.13 bits per heavy atom. The van der Waals surface area contributed by atoms with E-state index >= 15 is 0 Å². The van der Waals surface area contributed by atoms with Crippen LogP contribution in [0.3, 0.4) is 0 Å². The molecule has 8 heteroatoms. The molecule has 0 saturated carbocycles. The Labute approximate surface area is 132 Å². The maximum Gasteiger partial charge on any atom is 0.311 e. The highest BCUT2D eigenvalue weighted by Crippen LogP contribution is 2.28. The number of carbonyl (C=O) groups excluding carboxylic acids is 1. The lowest BCUT2D eigenvalue weighted by Crippen LogP contribution is -2.40. The summed E-state index contributed by atoms with van der Waals surface area (Å²) in [6, 6.07) is 3.56. The molecule has 0 aromatic heterocycles. The van der Waals surface area contributed by atoms with E-state index in [0.29, 0.717) is 19.5 Å². The average molecular weight is 322 g/mol. The highest BCUT2D eigenvalue weighted by Gasteiger charge is 2.26. The minimum absolute atomic E-state index is 0.0668. The standard InChI is InChI=1S/C15H18N2O6/c18-13-5-4-11(8-12(13)17(22)23)15(21)16-7-1-2-10(9-16)3-6-14(19)20/h4-5,8,10,18H,1-3,6-7,9H2,(H,19,20). The third-order valence-corrected chi connectivity index (χ3v) is 3.99. The fourth-order valence-corrected chi connectivity index (χ4v) is 2.80. The lowest BCUT2D eigenvalue weighted by atomic mass is 9.93. The number of phenols is 1. The first-order valence-electron chi connectivity index (χ1n) is 7.37. The number of nitrogens with zero attached hydrogens (tertiary/aromatic N) is 2. The van der Waals surface area contributed by atoms with E-state index in [4.69, 9.17) is 5.11 Å².